The quantitative estimate of drug-likeness (QED) is 0.892. The number of nitrogens with one attached hydrogen (secondary N) is 1. The van der Waals surface area contributed by atoms with Crippen LogP contribution in [0.4, 0.5) is 0 Å². The van der Waals surface area contributed by atoms with Crippen molar-refractivity contribution in [1.82, 2.24) is 5.32 Å². The third-order valence-electron chi connectivity index (χ3n) is 2.99. The summed E-state index contributed by atoms with van der Waals surface area (Å²) in [5, 5.41) is 2.99. The largest absolute Gasteiger partial charge is 0.487 e. The monoisotopic (exact) mass is 249 g/mol. The Morgan fingerprint density at radius 1 is 1.50 bits per heavy atom. The molecular formula is C14H19NO3. The molecule has 0 spiro atoms. The number of fused-ring (bicyclic) bond motifs is 1. The lowest BCUT2D eigenvalue weighted by Gasteiger charge is -2.37. The van der Waals surface area contributed by atoms with E-state index < -0.39 is 0 Å². The minimum absolute atomic E-state index is 0.0207. The van der Waals surface area contributed by atoms with Crippen LogP contribution in [0.1, 0.15) is 31.9 Å². The van der Waals surface area contributed by atoms with Gasteiger partial charge in [-0.1, -0.05) is 18.2 Å². The van der Waals surface area contributed by atoms with Crippen LogP contribution in [0.2, 0.25) is 0 Å². The molecule has 1 atom stereocenters. The molecule has 0 saturated heterocycles. The van der Waals surface area contributed by atoms with Gasteiger partial charge in [-0.05, 0) is 19.9 Å². The van der Waals surface area contributed by atoms with Gasteiger partial charge >= 0.3 is 0 Å². The Morgan fingerprint density at radius 2 is 2.22 bits per heavy atom. The van der Waals surface area contributed by atoms with Crippen molar-refractivity contribution in [2.24, 2.45) is 0 Å². The molecule has 1 unspecified atom stereocenters. The number of para-hydroxylation sites is 1. The minimum Gasteiger partial charge on any atom is -0.487 e. The number of hydrogen-bond acceptors (Lipinski definition) is 3. The van der Waals surface area contributed by atoms with Gasteiger partial charge in [0.05, 0.1) is 6.04 Å². The highest BCUT2D eigenvalue weighted by Crippen LogP contribution is 2.39. The second-order valence-electron chi connectivity index (χ2n) is 5.16. The molecule has 1 N–H and O–H groups in total. The zero-order valence-electron chi connectivity index (χ0n) is 11.0. The Labute approximate surface area is 107 Å². The van der Waals surface area contributed by atoms with E-state index in [1.807, 2.05) is 38.1 Å². The second-order valence-corrected chi connectivity index (χ2v) is 5.16. The van der Waals surface area contributed by atoms with Gasteiger partial charge in [0, 0.05) is 19.1 Å². The van der Waals surface area contributed by atoms with Crippen molar-refractivity contribution in [2.45, 2.75) is 31.9 Å². The fraction of sp³-hybridized carbons (Fsp3) is 0.500. The van der Waals surface area contributed by atoms with Gasteiger partial charge in [-0.3, -0.25) is 4.79 Å². The Bertz CT molecular complexity index is 442. The molecule has 1 amide bonds. The van der Waals surface area contributed by atoms with Gasteiger partial charge in [0.1, 0.15) is 18.0 Å². The average molecular weight is 249 g/mol. The maximum atomic E-state index is 11.7. The molecule has 0 saturated carbocycles. The third kappa shape index (κ3) is 2.82. The van der Waals surface area contributed by atoms with Crippen LogP contribution in [0.25, 0.3) is 0 Å². The molecule has 4 nitrogen and oxygen atoms in total. The molecule has 1 heterocycles. The van der Waals surface area contributed by atoms with Gasteiger partial charge in [0.2, 0.25) is 5.91 Å². The van der Waals surface area contributed by atoms with Crippen molar-refractivity contribution in [3.8, 4) is 5.75 Å². The second kappa shape index (κ2) is 4.98. The molecule has 1 aromatic carbocycles. The van der Waals surface area contributed by atoms with Crippen LogP contribution >= 0.6 is 0 Å². The van der Waals surface area contributed by atoms with E-state index in [0.29, 0.717) is 0 Å². The maximum absolute atomic E-state index is 11.7. The highest BCUT2D eigenvalue weighted by atomic mass is 16.5. The minimum atomic E-state index is -0.278. The number of rotatable bonds is 3. The molecule has 4 heteroatoms. The van der Waals surface area contributed by atoms with E-state index in [-0.39, 0.29) is 24.2 Å². The molecule has 0 radical (unpaired) electrons. The van der Waals surface area contributed by atoms with Crippen LogP contribution in [0, 0.1) is 0 Å². The molecule has 0 bridgehead atoms. The molecule has 1 aromatic rings. The number of hydrogen-bond donors (Lipinski definition) is 1. The number of carbonyl (C=O) groups excluding carboxylic acids is 1. The van der Waals surface area contributed by atoms with E-state index in [1.54, 1.807) is 0 Å². The first-order chi connectivity index (χ1) is 8.52. The van der Waals surface area contributed by atoms with Crippen molar-refractivity contribution < 1.29 is 14.3 Å². The van der Waals surface area contributed by atoms with Gasteiger partial charge in [-0.15, -0.1) is 0 Å². The predicted molar refractivity (Wildman–Crippen MR) is 68.5 cm³/mol. The standard InChI is InChI=1S/C14H19NO3/c1-14(2)8-11(15-13(16)9-17-3)10-6-4-5-7-12(10)18-14/h4-7,11H,8-9H2,1-3H3,(H,15,16). The fourth-order valence-electron chi connectivity index (χ4n) is 2.30. The van der Waals surface area contributed by atoms with Gasteiger partial charge < -0.3 is 14.8 Å². The fourth-order valence-corrected chi connectivity index (χ4v) is 2.30. The summed E-state index contributed by atoms with van der Waals surface area (Å²) in [4.78, 5) is 11.7. The zero-order valence-corrected chi connectivity index (χ0v) is 11.0. The summed E-state index contributed by atoms with van der Waals surface area (Å²) in [6.07, 6.45) is 0.749. The van der Waals surface area contributed by atoms with Crippen molar-refractivity contribution in [1.29, 1.82) is 0 Å². The Kier molecular flexibility index (Phi) is 3.57. The normalized spacial score (nSPS) is 20.7. The summed E-state index contributed by atoms with van der Waals surface area (Å²) in [7, 11) is 1.52. The van der Waals surface area contributed by atoms with Crippen LogP contribution in [0.5, 0.6) is 5.75 Å². The summed E-state index contributed by atoms with van der Waals surface area (Å²) in [6, 6.07) is 7.80. The number of benzene rings is 1. The Hall–Kier alpha value is -1.55. The van der Waals surface area contributed by atoms with Gasteiger partial charge in [0.15, 0.2) is 0 Å². The van der Waals surface area contributed by atoms with E-state index in [4.69, 9.17) is 9.47 Å². The maximum Gasteiger partial charge on any atom is 0.246 e. The van der Waals surface area contributed by atoms with E-state index in [0.717, 1.165) is 17.7 Å². The highest BCUT2D eigenvalue weighted by molar-refractivity contribution is 5.77. The van der Waals surface area contributed by atoms with E-state index in [1.165, 1.54) is 7.11 Å². The van der Waals surface area contributed by atoms with E-state index in [9.17, 15) is 4.79 Å². The molecule has 1 aliphatic rings. The molecule has 0 aliphatic carbocycles. The van der Waals surface area contributed by atoms with Crippen LogP contribution in [-0.2, 0) is 9.53 Å². The van der Waals surface area contributed by atoms with Crippen molar-refractivity contribution >= 4 is 5.91 Å². The molecule has 0 aromatic heterocycles. The van der Waals surface area contributed by atoms with Crippen LogP contribution in [0.3, 0.4) is 0 Å². The summed E-state index contributed by atoms with van der Waals surface area (Å²) in [6.45, 7) is 4.14. The van der Waals surface area contributed by atoms with Crippen molar-refractivity contribution in [3.05, 3.63) is 29.8 Å². The Morgan fingerprint density at radius 3 is 2.94 bits per heavy atom. The molecule has 18 heavy (non-hydrogen) atoms. The number of carbonyl (C=O) groups is 1. The SMILES string of the molecule is COCC(=O)NC1CC(C)(C)Oc2ccccc21. The number of methoxy groups -OCH3 is 1. The average Bonchev–Trinajstić information content (AvgIpc) is 2.27. The molecule has 1 aliphatic heterocycles. The summed E-state index contributed by atoms with van der Waals surface area (Å²) in [5.74, 6) is 0.742. The first kappa shape index (κ1) is 12.9. The first-order valence-corrected chi connectivity index (χ1v) is 6.08. The van der Waals surface area contributed by atoms with Crippen LogP contribution < -0.4 is 10.1 Å². The lowest BCUT2D eigenvalue weighted by molar-refractivity contribution is -0.126. The van der Waals surface area contributed by atoms with Crippen LogP contribution in [-0.4, -0.2) is 25.2 Å². The number of amides is 1. The lowest BCUT2D eigenvalue weighted by atomic mass is 9.90. The summed E-state index contributed by atoms with van der Waals surface area (Å²) < 4.78 is 10.8. The predicted octanol–water partition coefficient (Wildman–Crippen LogP) is 2.05. The van der Waals surface area contributed by atoms with Crippen LogP contribution in [0.15, 0.2) is 24.3 Å². The Balaban J connectivity index is 2.22. The first-order valence-electron chi connectivity index (χ1n) is 6.08. The molecular weight excluding hydrogens is 230 g/mol. The van der Waals surface area contributed by atoms with Gasteiger partial charge in [-0.2, -0.15) is 0 Å². The number of ether oxygens (including phenoxy) is 2. The van der Waals surface area contributed by atoms with E-state index in [2.05, 4.69) is 5.32 Å². The van der Waals surface area contributed by atoms with E-state index >= 15 is 0 Å². The third-order valence-corrected chi connectivity index (χ3v) is 2.99. The highest BCUT2D eigenvalue weighted by Gasteiger charge is 2.34. The van der Waals surface area contributed by atoms with Crippen molar-refractivity contribution in [2.75, 3.05) is 13.7 Å². The summed E-state index contributed by atoms with van der Waals surface area (Å²) in [5.41, 5.74) is 0.751. The molecule has 2 rings (SSSR count). The zero-order chi connectivity index (χ0) is 13.2. The smallest absolute Gasteiger partial charge is 0.246 e. The van der Waals surface area contributed by atoms with Crippen molar-refractivity contribution in [3.63, 3.8) is 0 Å². The summed E-state index contributed by atoms with van der Waals surface area (Å²) >= 11 is 0. The molecule has 98 valence electrons. The lowest BCUT2D eigenvalue weighted by Crippen LogP contribution is -2.42. The molecule has 0 fully saturated rings. The van der Waals surface area contributed by atoms with Gasteiger partial charge in [0.25, 0.3) is 0 Å². The van der Waals surface area contributed by atoms with Gasteiger partial charge in [-0.25, -0.2) is 0 Å². The topological polar surface area (TPSA) is 47.6 Å².